The maximum absolute atomic E-state index is 9.84. The van der Waals surface area contributed by atoms with Gasteiger partial charge < -0.3 is 14.3 Å². The van der Waals surface area contributed by atoms with Crippen LogP contribution in [0.3, 0.4) is 0 Å². The fourth-order valence-corrected chi connectivity index (χ4v) is 1.61. The van der Waals surface area contributed by atoms with Gasteiger partial charge in [-0.3, -0.25) is 0 Å². The number of hydrogen-bond donors (Lipinski definition) is 2. The van der Waals surface area contributed by atoms with E-state index in [1.165, 1.54) is 7.11 Å². The molecule has 0 aliphatic carbocycles. The second kappa shape index (κ2) is 4.61. The first kappa shape index (κ1) is 11.1. The van der Waals surface area contributed by atoms with E-state index in [-0.39, 0.29) is 0 Å². The topological polar surface area (TPSA) is 58.8 Å². The molecule has 0 saturated heterocycles. The third-order valence-corrected chi connectivity index (χ3v) is 2.53. The number of nitrogens with one attached hydrogen (secondary N) is 1. The fourth-order valence-electron chi connectivity index (χ4n) is 1.61. The number of aliphatic hydroxyl groups is 1. The molecule has 0 spiro atoms. The smallest absolute Gasteiger partial charge is 0.137 e. The highest BCUT2D eigenvalue weighted by Gasteiger charge is 2.08. The average molecular weight is 221 g/mol. The molecule has 2 heterocycles. The summed E-state index contributed by atoms with van der Waals surface area (Å²) < 4.78 is 1.97. The zero-order chi connectivity index (χ0) is 11.5. The first-order valence-corrected chi connectivity index (χ1v) is 5.10. The van der Waals surface area contributed by atoms with Gasteiger partial charge in [0.05, 0.1) is 19.8 Å². The van der Waals surface area contributed by atoms with Crippen LogP contribution >= 0.6 is 0 Å². The summed E-state index contributed by atoms with van der Waals surface area (Å²) in [6.45, 7) is 2.34. The van der Waals surface area contributed by atoms with Crippen molar-refractivity contribution in [2.45, 2.75) is 13.0 Å². The number of rotatable bonds is 4. The van der Waals surface area contributed by atoms with E-state index >= 15 is 0 Å². The van der Waals surface area contributed by atoms with Gasteiger partial charge in [0.15, 0.2) is 0 Å². The molecule has 0 amide bonds. The van der Waals surface area contributed by atoms with E-state index in [1.54, 1.807) is 6.20 Å². The van der Waals surface area contributed by atoms with E-state index in [0.29, 0.717) is 6.54 Å². The number of hydroxylamine groups is 1. The van der Waals surface area contributed by atoms with Crippen molar-refractivity contribution in [3.8, 4) is 0 Å². The van der Waals surface area contributed by atoms with Crippen LogP contribution in [0.5, 0.6) is 0 Å². The summed E-state index contributed by atoms with van der Waals surface area (Å²) in [7, 11) is 1.52. The molecule has 0 aliphatic rings. The maximum Gasteiger partial charge on any atom is 0.137 e. The molecule has 2 N–H and O–H groups in total. The fraction of sp³-hybridized carbons (Fsp3) is 0.364. The molecular weight excluding hydrogens is 206 g/mol. The van der Waals surface area contributed by atoms with Crippen molar-refractivity contribution in [2.24, 2.45) is 0 Å². The number of fused-ring (bicyclic) bond motifs is 1. The van der Waals surface area contributed by atoms with Gasteiger partial charge in [-0.2, -0.15) is 5.48 Å². The van der Waals surface area contributed by atoms with E-state index < -0.39 is 6.10 Å². The van der Waals surface area contributed by atoms with Crippen molar-refractivity contribution in [1.82, 2.24) is 14.9 Å². The zero-order valence-corrected chi connectivity index (χ0v) is 9.34. The van der Waals surface area contributed by atoms with Crippen molar-refractivity contribution in [3.63, 3.8) is 0 Å². The van der Waals surface area contributed by atoms with Gasteiger partial charge in [-0.05, 0) is 24.6 Å². The number of imidazole rings is 1. The Bertz CT molecular complexity index is 481. The lowest BCUT2D eigenvalue weighted by atomic mass is 10.1. The monoisotopic (exact) mass is 221 g/mol. The van der Waals surface area contributed by atoms with Gasteiger partial charge in [0.2, 0.25) is 0 Å². The van der Waals surface area contributed by atoms with Crippen molar-refractivity contribution in [2.75, 3.05) is 13.7 Å². The molecule has 0 radical (unpaired) electrons. The number of pyridine rings is 1. The number of nitrogens with zero attached hydrogens (tertiary/aromatic N) is 2. The summed E-state index contributed by atoms with van der Waals surface area (Å²) >= 11 is 0. The zero-order valence-electron chi connectivity index (χ0n) is 9.34. The summed E-state index contributed by atoms with van der Waals surface area (Å²) in [4.78, 5) is 8.94. The lowest BCUT2D eigenvalue weighted by Gasteiger charge is -2.11. The van der Waals surface area contributed by atoms with Crippen LogP contribution in [0.2, 0.25) is 0 Å². The summed E-state index contributed by atoms with van der Waals surface area (Å²) in [5.74, 6) is 0. The number of aromatic nitrogens is 2. The largest absolute Gasteiger partial charge is 0.387 e. The standard InChI is InChI=1S/C11H15N3O2/c1-8-6-12-11-5-9(3-4-14(8)11)10(15)7-13-16-2/h3-6,10,13,15H,7H2,1-2H3. The summed E-state index contributed by atoms with van der Waals surface area (Å²) in [6.07, 6.45) is 3.11. The third kappa shape index (κ3) is 2.06. The molecule has 2 aromatic heterocycles. The Morgan fingerprint density at radius 1 is 1.62 bits per heavy atom. The highest BCUT2D eigenvalue weighted by atomic mass is 16.6. The quantitative estimate of drug-likeness (QED) is 0.751. The molecule has 1 atom stereocenters. The van der Waals surface area contributed by atoms with Crippen LogP contribution in [0.4, 0.5) is 0 Å². The van der Waals surface area contributed by atoms with E-state index in [9.17, 15) is 5.11 Å². The molecule has 2 aromatic rings. The van der Waals surface area contributed by atoms with Gasteiger partial charge >= 0.3 is 0 Å². The lowest BCUT2D eigenvalue weighted by Crippen LogP contribution is -2.20. The normalized spacial score (nSPS) is 13.2. The van der Waals surface area contributed by atoms with Crippen LogP contribution < -0.4 is 5.48 Å². The number of hydrogen-bond acceptors (Lipinski definition) is 4. The first-order valence-electron chi connectivity index (χ1n) is 5.10. The number of aliphatic hydroxyl groups excluding tert-OH is 1. The Hall–Kier alpha value is -1.43. The van der Waals surface area contributed by atoms with E-state index in [4.69, 9.17) is 4.84 Å². The number of aryl methyl sites for hydroxylation is 1. The van der Waals surface area contributed by atoms with E-state index in [1.807, 2.05) is 29.7 Å². The lowest BCUT2D eigenvalue weighted by molar-refractivity contribution is 0.0499. The van der Waals surface area contributed by atoms with E-state index in [2.05, 4.69) is 10.5 Å². The molecule has 16 heavy (non-hydrogen) atoms. The Morgan fingerprint density at radius 2 is 2.44 bits per heavy atom. The molecule has 0 saturated carbocycles. The van der Waals surface area contributed by atoms with Crippen LogP contribution in [-0.4, -0.2) is 28.1 Å². The van der Waals surface area contributed by atoms with Crippen molar-refractivity contribution in [3.05, 3.63) is 35.8 Å². The predicted octanol–water partition coefficient (Wildman–Crippen LogP) is 0.827. The van der Waals surface area contributed by atoms with Crippen molar-refractivity contribution < 1.29 is 9.94 Å². The molecule has 0 aromatic carbocycles. The molecular formula is C11H15N3O2. The Labute approximate surface area is 93.6 Å². The van der Waals surface area contributed by atoms with Gasteiger partial charge in [-0.25, -0.2) is 4.98 Å². The second-order valence-corrected chi connectivity index (χ2v) is 3.66. The Kier molecular flexibility index (Phi) is 3.19. The molecule has 2 rings (SSSR count). The van der Waals surface area contributed by atoms with Gasteiger partial charge in [-0.15, -0.1) is 0 Å². The minimum Gasteiger partial charge on any atom is -0.387 e. The molecule has 0 bridgehead atoms. The third-order valence-electron chi connectivity index (χ3n) is 2.53. The molecule has 1 unspecified atom stereocenters. The summed E-state index contributed by atoms with van der Waals surface area (Å²) in [6, 6.07) is 3.75. The van der Waals surface area contributed by atoms with Crippen molar-refractivity contribution >= 4 is 5.65 Å². The predicted molar refractivity (Wildman–Crippen MR) is 59.9 cm³/mol. The Balaban J connectivity index is 2.25. The van der Waals surface area contributed by atoms with Crippen LogP contribution in [-0.2, 0) is 4.84 Å². The van der Waals surface area contributed by atoms with Crippen molar-refractivity contribution in [1.29, 1.82) is 0 Å². The van der Waals surface area contributed by atoms with Crippen LogP contribution in [0.25, 0.3) is 5.65 Å². The molecule has 0 aliphatic heterocycles. The summed E-state index contributed by atoms with van der Waals surface area (Å²) in [5, 5.41) is 9.84. The summed E-state index contributed by atoms with van der Waals surface area (Å²) in [5.41, 5.74) is 5.36. The van der Waals surface area contributed by atoms with Gasteiger partial charge in [-0.1, -0.05) is 0 Å². The van der Waals surface area contributed by atoms with Gasteiger partial charge in [0.1, 0.15) is 5.65 Å². The average Bonchev–Trinajstić information content (AvgIpc) is 2.67. The van der Waals surface area contributed by atoms with Crippen LogP contribution in [0, 0.1) is 6.92 Å². The molecule has 86 valence electrons. The molecule has 5 heteroatoms. The Morgan fingerprint density at radius 3 is 3.19 bits per heavy atom. The minimum absolute atomic E-state index is 0.354. The highest BCUT2D eigenvalue weighted by Crippen LogP contribution is 2.15. The second-order valence-electron chi connectivity index (χ2n) is 3.66. The molecule has 5 nitrogen and oxygen atoms in total. The van der Waals surface area contributed by atoms with Gasteiger partial charge in [0, 0.05) is 18.1 Å². The minimum atomic E-state index is -0.595. The van der Waals surface area contributed by atoms with Gasteiger partial charge in [0.25, 0.3) is 0 Å². The van der Waals surface area contributed by atoms with Crippen LogP contribution in [0.15, 0.2) is 24.5 Å². The van der Waals surface area contributed by atoms with Crippen LogP contribution in [0.1, 0.15) is 17.4 Å². The SMILES string of the molecule is CONCC(O)c1ccn2c(C)cnc2c1. The molecule has 0 fully saturated rings. The van der Waals surface area contributed by atoms with E-state index in [0.717, 1.165) is 16.9 Å². The maximum atomic E-state index is 9.84. The first-order chi connectivity index (χ1) is 7.72. The highest BCUT2D eigenvalue weighted by molar-refractivity contribution is 5.43.